The Hall–Kier alpha value is -5.78. The first kappa shape index (κ1) is 39.7. The zero-order chi connectivity index (χ0) is 41.5. The number of ether oxygens (including phenoxy) is 1. The summed E-state index contributed by atoms with van der Waals surface area (Å²) >= 11 is 0. The van der Waals surface area contributed by atoms with Crippen LogP contribution in [0.5, 0.6) is 0 Å². The van der Waals surface area contributed by atoms with Crippen LogP contribution < -0.4 is 20.9 Å². The van der Waals surface area contributed by atoms with Crippen LogP contribution in [-0.2, 0) is 14.3 Å². The number of aromatic nitrogens is 5. The van der Waals surface area contributed by atoms with E-state index in [0.29, 0.717) is 30.4 Å². The van der Waals surface area contributed by atoms with Gasteiger partial charge in [-0.25, -0.2) is 18.3 Å². The number of carbonyl (C=O) groups is 5. The molecule has 1 aromatic carbocycles. The summed E-state index contributed by atoms with van der Waals surface area (Å²) in [6.45, 7) is 2.00. The Balaban J connectivity index is 0.707. The van der Waals surface area contributed by atoms with Gasteiger partial charge in [-0.2, -0.15) is 10.2 Å². The van der Waals surface area contributed by atoms with Crippen molar-refractivity contribution in [1.29, 1.82) is 0 Å². The van der Waals surface area contributed by atoms with E-state index in [1.165, 1.54) is 16.9 Å². The van der Waals surface area contributed by atoms with Crippen LogP contribution in [0, 0.1) is 5.92 Å². The molecule has 3 N–H and O–H groups in total. The van der Waals surface area contributed by atoms with Crippen molar-refractivity contribution < 1.29 is 37.5 Å². The predicted molar refractivity (Wildman–Crippen MR) is 214 cm³/mol. The number of fused-ring (bicyclic) bond motifs is 4. The number of alkyl halides is 2. The molecule has 1 unspecified atom stereocenters. The molecule has 7 heterocycles. The van der Waals surface area contributed by atoms with Gasteiger partial charge in [-0.15, -0.1) is 0 Å². The minimum Gasteiger partial charge on any atom is -0.384 e. The number of morpholine rings is 1. The van der Waals surface area contributed by atoms with Gasteiger partial charge in [-0.1, -0.05) is 38.2 Å². The van der Waals surface area contributed by atoms with E-state index in [1.54, 1.807) is 29.1 Å². The molecule has 9 rings (SSSR count). The molecule has 1 aliphatic carbocycles. The number of hydrogen-bond acceptors (Lipinski definition) is 11. The molecule has 316 valence electrons. The average Bonchev–Trinajstić information content (AvgIpc) is 4.09. The fourth-order valence-corrected chi connectivity index (χ4v) is 9.57. The standard InChI is InChI=1S/C42H48F2N10O6/c43-37(44)36-31(47-39(56)29-20-46-52-18-16-33(48-38(29)52)51-21-27-19-26(51)23-60-27)22-53(50-36)25-12-10-24(11-13-25)7-4-2-1-3-5-17-45-30-9-6-8-28-35(30)42(59)54(41(28)58)32-14-15-34(55)49-40(32)57/h6,8-9,16,18,20,22,24-27,32,37,45H,1-5,7,10-15,17,19,21,23H2,(H,47,56)(H,49,55,57)/t24?,25?,26-,27-,32?/m1/s1. The van der Waals surface area contributed by atoms with Gasteiger partial charge >= 0.3 is 0 Å². The Morgan fingerprint density at radius 3 is 2.53 bits per heavy atom. The second-order valence-corrected chi connectivity index (χ2v) is 16.6. The Kier molecular flexibility index (Phi) is 11.0. The monoisotopic (exact) mass is 826 g/mol. The van der Waals surface area contributed by atoms with Gasteiger partial charge in [0, 0.05) is 37.6 Å². The van der Waals surface area contributed by atoms with Crippen LogP contribution in [0.2, 0.25) is 0 Å². The minimum atomic E-state index is -2.86. The van der Waals surface area contributed by atoms with Gasteiger partial charge in [0.15, 0.2) is 11.3 Å². The summed E-state index contributed by atoms with van der Waals surface area (Å²) in [6, 6.07) is 6.13. The van der Waals surface area contributed by atoms with Crippen molar-refractivity contribution in [2.75, 3.05) is 35.2 Å². The molecule has 16 nitrogen and oxygen atoms in total. The SMILES string of the molecule is O=C1CCC(N2C(=O)c3cccc(NCCCCCCCC4CCC(n5cc(NC(=O)c6cnn7ccc(N8C[C@H]9C[C@@H]8CO9)nc67)c(C(F)F)n5)CC4)c3C2=O)C(=O)N1. The maximum absolute atomic E-state index is 14.2. The number of carbonyl (C=O) groups excluding carboxylic acids is 5. The van der Waals surface area contributed by atoms with Crippen LogP contribution in [0.3, 0.4) is 0 Å². The molecule has 1 saturated carbocycles. The second-order valence-electron chi connectivity index (χ2n) is 16.6. The van der Waals surface area contributed by atoms with Gasteiger partial charge in [-0.3, -0.25) is 38.9 Å². The minimum absolute atomic E-state index is 0.00970. The molecule has 5 aliphatic rings. The molecule has 4 fully saturated rings. The first-order valence-corrected chi connectivity index (χ1v) is 21.1. The van der Waals surface area contributed by atoms with E-state index in [9.17, 15) is 32.8 Å². The number of unbranched alkanes of at least 4 members (excludes halogenated alkanes) is 4. The molecule has 5 amide bonds. The van der Waals surface area contributed by atoms with Crippen LogP contribution in [0.4, 0.5) is 26.0 Å². The van der Waals surface area contributed by atoms with Crippen molar-refractivity contribution in [3.8, 4) is 0 Å². The highest BCUT2D eigenvalue weighted by Gasteiger charge is 2.46. The Morgan fingerprint density at radius 1 is 0.950 bits per heavy atom. The third kappa shape index (κ3) is 7.72. The lowest BCUT2D eigenvalue weighted by Gasteiger charge is -2.28. The molecule has 3 saturated heterocycles. The van der Waals surface area contributed by atoms with E-state index >= 15 is 0 Å². The Labute approximate surface area is 344 Å². The number of nitrogens with zero attached hydrogens (tertiary/aromatic N) is 7. The molecular weight excluding hydrogens is 779 g/mol. The predicted octanol–water partition coefficient (Wildman–Crippen LogP) is 5.68. The molecule has 3 atom stereocenters. The third-order valence-electron chi connectivity index (χ3n) is 12.8. The Bertz CT molecular complexity index is 2320. The van der Waals surface area contributed by atoms with Crippen molar-refractivity contribution in [3.63, 3.8) is 0 Å². The number of anilines is 3. The Morgan fingerprint density at radius 2 is 1.77 bits per heavy atom. The lowest BCUT2D eigenvalue weighted by molar-refractivity contribution is -0.136. The number of piperidine rings is 1. The van der Waals surface area contributed by atoms with Gasteiger partial charge in [-0.05, 0) is 69.1 Å². The highest BCUT2D eigenvalue weighted by atomic mass is 19.3. The number of nitrogens with one attached hydrogen (secondary N) is 3. The fourth-order valence-electron chi connectivity index (χ4n) is 9.57. The summed E-state index contributed by atoms with van der Waals surface area (Å²) in [4.78, 5) is 71.8. The zero-order valence-electron chi connectivity index (χ0n) is 33.2. The topological polar surface area (TPSA) is 185 Å². The molecule has 60 heavy (non-hydrogen) atoms. The number of imide groups is 2. The van der Waals surface area contributed by atoms with Crippen LogP contribution in [0.1, 0.15) is 133 Å². The molecule has 0 spiro atoms. The summed E-state index contributed by atoms with van der Waals surface area (Å²) in [7, 11) is 0. The lowest BCUT2D eigenvalue weighted by atomic mass is 9.83. The normalized spacial score (nSPS) is 23.9. The molecule has 18 heteroatoms. The third-order valence-corrected chi connectivity index (χ3v) is 12.8. The fraction of sp³-hybridized carbons (Fsp3) is 0.524. The van der Waals surface area contributed by atoms with E-state index in [0.717, 1.165) is 87.9 Å². The van der Waals surface area contributed by atoms with Gasteiger partial charge in [0.25, 0.3) is 24.1 Å². The number of benzene rings is 1. The quantitative estimate of drug-likeness (QED) is 0.0990. The van der Waals surface area contributed by atoms with Crippen LogP contribution >= 0.6 is 0 Å². The second kappa shape index (κ2) is 16.7. The first-order chi connectivity index (χ1) is 29.1. The van der Waals surface area contributed by atoms with Crippen LogP contribution in [0.15, 0.2) is 42.9 Å². The number of amides is 5. The van der Waals surface area contributed by atoms with E-state index in [2.05, 4.69) is 31.0 Å². The molecule has 2 bridgehead atoms. The highest BCUT2D eigenvalue weighted by molar-refractivity contribution is 6.25. The van der Waals surface area contributed by atoms with Crippen molar-refractivity contribution in [2.24, 2.45) is 5.92 Å². The van der Waals surface area contributed by atoms with Gasteiger partial charge in [0.2, 0.25) is 11.8 Å². The van der Waals surface area contributed by atoms with Gasteiger partial charge in [0.05, 0.1) is 47.8 Å². The molecular formula is C42H48F2N10O6. The number of rotatable bonds is 15. The highest BCUT2D eigenvalue weighted by Crippen LogP contribution is 2.38. The van der Waals surface area contributed by atoms with Crippen molar-refractivity contribution in [1.82, 2.24) is 34.6 Å². The van der Waals surface area contributed by atoms with Crippen LogP contribution in [-0.4, -0.2) is 96.7 Å². The summed E-state index contributed by atoms with van der Waals surface area (Å²) in [6.07, 6.45) is 13.0. The maximum Gasteiger partial charge on any atom is 0.284 e. The van der Waals surface area contributed by atoms with E-state index in [4.69, 9.17) is 9.72 Å². The molecule has 4 aromatic rings. The van der Waals surface area contributed by atoms with Crippen molar-refractivity contribution in [2.45, 2.75) is 114 Å². The first-order valence-electron chi connectivity index (χ1n) is 21.1. The summed E-state index contributed by atoms with van der Waals surface area (Å²) in [5.74, 6) is -1.37. The number of halogens is 2. The van der Waals surface area contributed by atoms with Crippen molar-refractivity contribution in [3.05, 3.63) is 65.2 Å². The summed E-state index contributed by atoms with van der Waals surface area (Å²) < 4.78 is 37.2. The van der Waals surface area contributed by atoms with E-state index in [-0.39, 0.29) is 53.4 Å². The van der Waals surface area contributed by atoms with Crippen molar-refractivity contribution >= 4 is 52.4 Å². The molecule has 3 aromatic heterocycles. The smallest absolute Gasteiger partial charge is 0.284 e. The van der Waals surface area contributed by atoms with Crippen LogP contribution in [0.25, 0.3) is 5.65 Å². The maximum atomic E-state index is 14.2. The molecule has 0 radical (unpaired) electrons. The van der Waals surface area contributed by atoms with E-state index in [1.807, 2.05) is 6.07 Å². The zero-order valence-corrected chi connectivity index (χ0v) is 33.2. The lowest BCUT2D eigenvalue weighted by Crippen LogP contribution is -2.54. The van der Waals surface area contributed by atoms with Gasteiger partial charge in [0.1, 0.15) is 17.4 Å². The van der Waals surface area contributed by atoms with Gasteiger partial charge < -0.3 is 20.3 Å². The summed E-state index contributed by atoms with van der Waals surface area (Å²) in [5.41, 5.74) is 1.16. The largest absolute Gasteiger partial charge is 0.384 e. The number of hydrogen-bond donors (Lipinski definition) is 3. The molecule has 4 aliphatic heterocycles. The average molecular weight is 827 g/mol. The van der Waals surface area contributed by atoms with E-state index < -0.39 is 47.7 Å². The summed E-state index contributed by atoms with van der Waals surface area (Å²) in [5, 5.41) is 16.7.